The first-order chi connectivity index (χ1) is 6.63. The summed E-state index contributed by atoms with van der Waals surface area (Å²) in [5, 5.41) is 13.4. The summed E-state index contributed by atoms with van der Waals surface area (Å²) in [6.07, 6.45) is 0.522. The molecule has 14 heavy (non-hydrogen) atoms. The van der Waals surface area contributed by atoms with Gasteiger partial charge < -0.3 is 10.4 Å². The molecule has 1 atom stereocenters. The summed E-state index contributed by atoms with van der Waals surface area (Å²) >= 11 is 1.34. The van der Waals surface area contributed by atoms with E-state index in [1.165, 1.54) is 11.5 Å². The molecule has 2 N–H and O–H groups in total. The third kappa shape index (κ3) is 3.23. The van der Waals surface area contributed by atoms with Crippen LogP contribution in [0.3, 0.4) is 0 Å². The molecule has 1 heterocycles. The minimum absolute atomic E-state index is 0.265. The smallest absolute Gasteiger partial charge is 0.202 e. The summed E-state index contributed by atoms with van der Waals surface area (Å²) in [5.41, 5.74) is 0. The van der Waals surface area contributed by atoms with Gasteiger partial charge in [0.2, 0.25) is 5.13 Å². The molecule has 1 aromatic rings. The topological polar surface area (TPSA) is 58.0 Å². The summed E-state index contributed by atoms with van der Waals surface area (Å²) in [5.74, 6) is 1.12. The lowest BCUT2D eigenvalue weighted by Gasteiger charge is -2.13. The van der Waals surface area contributed by atoms with Gasteiger partial charge in [0, 0.05) is 24.5 Å². The second-order valence-electron chi connectivity index (χ2n) is 3.56. The highest BCUT2D eigenvalue weighted by Crippen LogP contribution is 2.12. The molecular weight excluding hydrogens is 198 g/mol. The highest BCUT2D eigenvalue weighted by Gasteiger charge is 2.09. The maximum atomic E-state index is 9.55. The van der Waals surface area contributed by atoms with Gasteiger partial charge in [0.05, 0.1) is 6.10 Å². The van der Waals surface area contributed by atoms with Crippen molar-refractivity contribution in [2.45, 2.75) is 33.3 Å². The number of aliphatic hydroxyl groups is 1. The molecule has 0 radical (unpaired) electrons. The van der Waals surface area contributed by atoms with Gasteiger partial charge in [-0.3, -0.25) is 0 Å². The van der Waals surface area contributed by atoms with Crippen LogP contribution in [-0.2, 0) is 6.42 Å². The Labute approximate surface area is 88.6 Å². The van der Waals surface area contributed by atoms with Crippen LogP contribution < -0.4 is 5.32 Å². The van der Waals surface area contributed by atoms with Gasteiger partial charge in [-0.05, 0) is 5.92 Å². The van der Waals surface area contributed by atoms with Crippen LogP contribution in [0.15, 0.2) is 0 Å². The Kier molecular flexibility index (Phi) is 4.28. The number of aryl methyl sites for hydroxylation is 1. The fraction of sp³-hybridized carbons (Fsp3) is 0.778. The average Bonchev–Trinajstić information content (AvgIpc) is 2.61. The Bertz CT molecular complexity index is 275. The lowest BCUT2D eigenvalue weighted by molar-refractivity contribution is 0.138. The highest BCUT2D eigenvalue weighted by atomic mass is 32.1. The molecule has 4 nitrogen and oxygen atoms in total. The van der Waals surface area contributed by atoms with E-state index in [1.807, 2.05) is 20.8 Å². The van der Waals surface area contributed by atoms with E-state index in [-0.39, 0.29) is 12.0 Å². The van der Waals surface area contributed by atoms with Gasteiger partial charge in [0.15, 0.2) is 0 Å². The first kappa shape index (κ1) is 11.4. The monoisotopic (exact) mass is 215 g/mol. The fourth-order valence-corrected chi connectivity index (χ4v) is 1.55. The zero-order valence-corrected chi connectivity index (χ0v) is 9.64. The maximum Gasteiger partial charge on any atom is 0.202 e. The van der Waals surface area contributed by atoms with Crippen molar-refractivity contribution in [3.63, 3.8) is 0 Å². The molecule has 0 saturated heterocycles. The molecule has 1 unspecified atom stereocenters. The molecule has 1 aromatic heterocycles. The van der Waals surface area contributed by atoms with E-state index in [9.17, 15) is 5.11 Å². The Morgan fingerprint density at radius 1 is 1.50 bits per heavy atom. The van der Waals surface area contributed by atoms with Crippen molar-refractivity contribution in [2.24, 2.45) is 5.92 Å². The van der Waals surface area contributed by atoms with Gasteiger partial charge >= 0.3 is 0 Å². The first-order valence-electron chi connectivity index (χ1n) is 4.88. The standard InChI is InChI=1S/C9H17N3OS/c1-4-8-11-9(14-12-8)10-5-7(13)6(2)3/h6-7,13H,4-5H2,1-3H3,(H,10,11,12). The summed E-state index contributed by atoms with van der Waals surface area (Å²) < 4.78 is 4.14. The zero-order chi connectivity index (χ0) is 10.6. The van der Waals surface area contributed by atoms with Crippen LogP contribution in [0.5, 0.6) is 0 Å². The third-order valence-corrected chi connectivity index (χ3v) is 2.73. The van der Waals surface area contributed by atoms with Crippen LogP contribution in [0, 0.1) is 5.92 Å². The molecule has 80 valence electrons. The van der Waals surface area contributed by atoms with Crippen molar-refractivity contribution in [3.05, 3.63) is 5.82 Å². The van der Waals surface area contributed by atoms with Crippen LogP contribution >= 0.6 is 11.5 Å². The van der Waals surface area contributed by atoms with E-state index in [1.54, 1.807) is 0 Å². The molecule has 5 heteroatoms. The molecule has 0 aliphatic carbocycles. The van der Waals surface area contributed by atoms with E-state index in [2.05, 4.69) is 14.7 Å². The lowest BCUT2D eigenvalue weighted by atomic mass is 10.1. The van der Waals surface area contributed by atoms with Crippen molar-refractivity contribution in [3.8, 4) is 0 Å². The lowest BCUT2D eigenvalue weighted by Crippen LogP contribution is -2.24. The predicted molar refractivity (Wildman–Crippen MR) is 58.6 cm³/mol. The van der Waals surface area contributed by atoms with Crippen molar-refractivity contribution >= 4 is 16.7 Å². The number of anilines is 1. The van der Waals surface area contributed by atoms with Crippen LogP contribution in [0.2, 0.25) is 0 Å². The second-order valence-corrected chi connectivity index (χ2v) is 4.31. The molecule has 0 aliphatic rings. The van der Waals surface area contributed by atoms with Crippen LogP contribution in [-0.4, -0.2) is 27.1 Å². The van der Waals surface area contributed by atoms with Gasteiger partial charge in [-0.15, -0.1) is 0 Å². The van der Waals surface area contributed by atoms with Crippen LogP contribution in [0.4, 0.5) is 5.13 Å². The van der Waals surface area contributed by atoms with Crippen molar-refractivity contribution in [1.82, 2.24) is 9.36 Å². The number of nitrogens with one attached hydrogen (secondary N) is 1. The quantitative estimate of drug-likeness (QED) is 0.782. The number of nitrogens with zero attached hydrogens (tertiary/aromatic N) is 2. The van der Waals surface area contributed by atoms with Gasteiger partial charge in [-0.1, -0.05) is 20.8 Å². The third-order valence-electron chi connectivity index (χ3n) is 2.02. The molecule has 0 aromatic carbocycles. The molecule has 1 rings (SSSR count). The van der Waals surface area contributed by atoms with Gasteiger partial charge in [0.1, 0.15) is 5.82 Å². The minimum Gasteiger partial charge on any atom is -0.391 e. The first-order valence-corrected chi connectivity index (χ1v) is 5.65. The van der Waals surface area contributed by atoms with Crippen LogP contribution in [0.25, 0.3) is 0 Å². The van der Waals surface area contributed by atoms with Gasteiger partial charge in [-0.2, -0.15) is 4.37 Å². The number of hydrogen-bond donors (Lipinski definition) is 2. The Morgan fingerprint density at radius 3 is 2.71 bits per heavy atom. The number of aromatic nitrogens is 2. The summed E-state index contributed by atoms with van der Waals surface area (Å²) in [7, 11) is 0. The average molecular weight is 215 g/mol. The Morgan fingerprint density at radius 2 is 2.21 bits per heavy atom. The molecule has 0 saturated carbocycles. The Balaban J connectivity index is 2.37. The van der Waals surface area contributed by atoms with E-state index < -0.39 is 0 Å². The zero-order valence-electron chi connectivity index (χ0n) is 8.82. The summed E-state index contributed by atoms with van der Waals surface area (Å²) in [6, 6.07) is 0. The van der Waals surface area contributed by atoms with Crippen molar-refractivity contribution in [1.29, 1.82) is 0 Å². The predicted octanol–water partition coefficient (Wildman–Crippen LogP) is 1.53. The van der Waals surface area contributed by atoms with Crippen LogP contribution in [0.1, 0.15) is 26.6 Å². The highest BCUT2D eigenvalue weighted by molar-refractivity contribution is 7.09. The molecule has 0 fully saturated rings. The molecular formula is C9H17N3OS. The number of hydrogen-bond acceptors (Lipinski definition) is 5. The SMILES string of the molecule is CCc1nsc(NCC(O)C(C)C)n1. The van der Waals surface area contributed by atoms with Gasteiger partial charge in [-0.25, -0.2) is 4.98 Å². The van der Waals surface area contributed by atoms with E-state index in [0.717, 1.165) is 17.4 Å². The molecule has 0 aliphatic heterocycles. The van der Waals surface area contributed by atoms with E-state index in [4.69, 9.17) is 0 Å². The normalized spacial score (nSPS) is 13.2. The molecule has 0 spiro atoms. The number of aliphatic hydroxyl groups excluding tert-OH is 1. The number of rotatable bonds is 5. The fourth-order valence-electron chi connectivity index (χ4n) is 0.897. The molecule has 0 bridgehead atoms. The second kappa shape index (κ2) is 5.26. The van der Waals surface area contributed by atoms with E-state index in [0.29, 0.717) is 6.54 Å². The van der Waals surface area contributed by atoms with Crippen molar-refractivity contribution < 1.29 is 5.11 Å². The van der Waals surface area contributed by atoms with E-state index >= 15 is 0 Å². The largest absolute Gasteiger partial charge is 0.391 e. The maximum absolute atomic E-state index is 9.55. The Hall–Kier alpha value is -0.680. The van der Waals surface area contributed by atoms with Crippen molar-refractivity contribution in [2.75, 3.05) is 11.9 Å². The summed E-state index contributed by atoms with van der Waals surface area (Å²) in [6.45, 7) is 6.54. The minimum atomic E-state index is -0.330. The van der Waals surface area contributed by atoms with Gasteiger partial charge in [0.25, 0.3) is 0 Å². The molecule has 0 amide bonds. The summed E-state index contributed by atoms with van der Waals surface area (Å²) in [4.78, 5) is 4.25.